The Balaban J connectivity index is 0. The van der Waals surface area contributed by atoms with Crippen LogP contribution in [-0.2, 0) is 9.47 Å². The molecule has 0 spiro atoms. The van der Waals surface area contributed by atoms with E-state index in [0.717, 1.165) is 0 Å². The third-order valence-electron chi connectivity index (χ3n) is 0.991. The second kappa shape index (κ2) is 5.79. The van der Waals surface area contributed by atoms with Gasteiger partial charge in [-0.1, -0.05) is 6.08 Å². The van der Waals surface area contributed by atoms with E-state index in [9.17, 15) is 0 Å². The normalized spacial score (nSPS) is 13.1. The van der Waals surface area contributed by atoms with Gasteiger partial charge < -0.3 is 9.47 Å². The van der Waals surface area contributed by atoms with Crippen LogP contribution in [0.5, 0.6) is 0 Å². The van der Waals surface area contributed by atoms with E-state index in [1.165, 1.54) is 0 Å². The molecule has 0 bridgehead atoms. The first-order valence-corrected chi connectivity index (χ1v) is 3.02. The molecule has 0 aliphatic carbocycles. The Morgan fingerprint density at radius 3 is 2.89 bits per heavy atom. The van der Waals surface area contributed by atoms with Crippen LogP contribution in [0.4, 0.5) is 0 Å². The molecule has 9 heavy (non-hydrogen) atoms. The van der Waals surface area contributed by atoms with Gasteiger partial charge in [0.05, 0.1) is 19.3 Å². The highest BCUT2D eigenvalue weighted by atomic mass is 16.5. The van der Waals surface area contributed by atoms with Crippen LogP contribution in [0, 0.1) is 0 Å². The minimum Gasteiger partial charge on any atom is -0.379 e. The van der Waals surface area contributed by atoms with Crippen LogP contribution in [0.25, 0.3) is 0 Å². The van der Waals surface area contributed by atoms with Gasteiger partial charge in [0.25, 0.3) is 0 Å². The maximum Gasteiger partial charge on any atom is 0.0776 e. The maximum absolute atomic E-state index is 5.09. The minimum atomic E-state index is 0. The van der Waals surface area contributed by atoms with Gasteiger partial charge in [0.2, 0.25) is 0 Å². The average molecular weight is 132 g/mol. The SMILES string of the molecule is C=CCOCC(C)OC.[HH]. The molecule has 0 heterocycles. The monoisotopic (exact) mass is 132 g/mol. The molecule has 1 atom stereocenters. The van der Waals surface area contributed by atoms with Gasteiger partial charge >= 0.3 is 0 Å². The summed E-state index contributed by atoms with van der Waals surface area (Å²) in [5.74, 6) is 0. The zero-order valence-corrected chi connectivity index (χ0v) is 6.09. The number of ether oxygens (including phenoxy) is 2. The lowest BCUT2D eigenvalue weighted by Gasteiger charge is -2.07. The second-order valence-electron chi connectivity index (χ2n) is 1.87. The predicted octanol–water partition coefficient (Wildman–Crippen LogP) is 1.47. The van der Waals surface area contributed by atoms with Crippen molar-refractivity contribution in [1.82, 2.24) is 0 Å². The van der Waals surface area contributed by atoms with E-state index in [0.29, 0.717) is 13.2 Å². The van der Waals surface area contributed by atoms with Gasteiger partial charge in [-0.2, -0.15) is 0 Å². The summed E-state index contributed by atoms with van der Waals surface area (Å²) in [5, 5.41) is 0. The summed E-state index contributed by atoms with van der Waals surface area (Å²) in [6, 6.07) is 0. The van der Waals surface area contributed by atoms with Crippen molar-refractivity contribution in [1.29, 1.82) is 0 Å². The molecule has 0 aromatic heterocycles. The Morgan fingerprint density at radius 2 is 2.44 bits per heavy atom. The van der Waals surface area contributed by atoms with Crippen molar-refractivity contribution in [2.45, 2.75) is 13.0 Å². The van der Waals surface area contributed by atoms with Crippen molar-refractivity contribution in [3.8, 4) is 0 Å². The maximum atomic E-state index is 5.09. The smallest absolute Gasteiger partial charge is 0.0776 e. The number of rotatable bonds is 5. The molecule has 0 saturated heterocycles. The molecule has 0 amide bonds. The highest BCUT2D eigenvalue weighted by molar-refractivity contribution is 4.64. The first-order chi connectivity index (χ1) is 4.31. The molecule has 0 aliphatic rings. The lowest BCUT2D eigenvalue weighted by Crippen LogP contribution is -2.13. The van der Waals surface area contributed by atoms with Crippen LogP contribution in [0.3, 0.4) is 0 Å². The van der Waals surface area contributed by atoms with Crippen LogP contribution in [0.1, 0.15) is 8.35 Å². The molecule has 0 aromatic rings. The Bertz CT molecular complexity index is 76.0. The van der Waals surface area contributed by atoms with Crippen molar-refractivity contribution in [2.24, 2.45) is 0 Å². The van der Waals surface area contributed by atoms with Crippen LogP contribution in [0.2, 0.25) is 0 Å². The Labute approximate surface area is 58.0 Å². The van der Waals surface area contributed by atoms with Crippen LogP contribution >= 0.6 is 0 Å². The molecular formula is C7H16O2. The Morgan fingerprint density at radius 1 is 1.78 bits per heavy atom. The van der Waals surface area contributed by atoms with Crippen LogP contribution < -0.4 is 0 Å². The first kappa shape index (κ1) is 8.66. The third-order valence-corrected chi connectivity index (χ3v) is 0.991. The predicted molar refractivity (Wildman–Crippen MR) is 39.6 cm³/mol. The van der Waals surface area contributed by atoms with Gasteiger partial charge in [0, 0.05) is 8.54 Å². The molecule has 0 fully saturated rings. The summed E-state index contributed by atoms with van der Waals surface area (Å²) >= 11 is 0. The molecule has 0 radical (unpaired) electrons. The van der Waals surface area contributed by atoms with Crippen molar-refractivity contribution in [3.63, 3.8) is 0 Å². The van der Waals surface area contributed by atoms with Gasteiger partial charge in [-0.25, -0.2) is 0 Å². The minimum absolute atomic E-state index is 0. The molecule has 2 nitrogen and oxygen atoms in total. The van der Waals surface area contributed by atoms with Gasteiger partial charge in [0.1, 0.15) is 0 Å². The van der Waals surface area contributed by atoms with E-state index < -0.39 is 0 Å². The lowest BCUT2D eigenvalue weighted by molar-refractivity contribution is 0.0284. The molecule has 0 aromatic carbocycles. The fourth-order valence-electron chi connectivity index (χ4n) is 0.385. The number of methoxy groups -OCH3 is 1. The zero-order valence-electron chi connectivity index (χ0n) is 6.09. The Hall–Kier alpha value is -0.340. The van der Waals surface area contributed by atoms with Crippen molar-refractivity contribution < 1.29 is 10.9 Å². The summed E-state index contributed by atoms with van der Waals surface area (Å²) in [4.78, 5) is 0. The zero-order chi connectivity index (χ0) is 7.11. The third kappa shape index (κ3) is 5.53. The van der Waals surface area contributed by atoms with Gasteiger partial charge in [-0.3, -0.25) is 0 Å². The highest BCUT2D eigenvalue weighted by Gasteiger charge is 1.95. The molecule has 0 N–H and O–H groups in total. The van der Waals surface area contributed by atoms with Crippen LogP contribution in [0.15, 0.2) is 12.7 Å². The highest BCUT2D eigenvalue weighted by Crippen LogP contribution is 1.87. The van der Waals surface area contributed by atoms with E-state index in [-0.39, 0.29) is 7.53 Å². The van der Waals surface area contributed by atoms with E-state index in [1.807, 2.05) is 6.92 Å². The van der Waals surface area contributed by atoms with Crippen molar-refractivity contribution in [2.75, 3.05) is 20.3 Å². The summed E-state index contributed by atoms with van der Waals surface area (Å²) < 4.78 is 10.0. The fraction of sp³-hybridized carbons (Fsp3) is 0.714. The van der Waals surface area contributed by atoms with Gasteiger partial charge in [0.15, 0.2) is 0 Å². The Kier molecular flexibility index (Phi) is 5.57. The summed E-state index contributed by atoms with van der Waals surface area (Å²) in [6.45, 7) is 6.73. The topological polar surface area (TPSA) is 18.5 Å². The van der Waals surface area contributed by atoms with E-state index in [4.69, 9.17) is 9.47 Å². The molecule has 56 valence electrons. The van der Waals surface area contributed by atoms with Gasteiger partial charge in [-0.15, -0.1) is 6.58 Å². The standard InChI is InChI=1S/C7H14O2.H2/c1-4-5-9-6-7(2)8-3;/h4,7H,1,5-6H2,2-3H3;1H. The molecule has 0 aliphatic heterocycles. The largest absolute Gasteiger partial charge is 0.379 e. The second-order valence-corrected chi connectivity index (χ2v) is 1.87. The molecule has 2 heteroatoms. The summed E-state index contributed by atoms with van der Waals surface area (Å²) in [6.07, 6.45) is 1.91. The fourth-order valence-corrected chi connectivity index (χ4v) is 0.385. The first-order valence-electron chi connectivity index (χ1n) is 3.02. The van der Waals surface area contributed by atoms with Gasteiger partial charge in [-0.05, 0) is 6.92 Å². The number of hydrogen-bond acceptors (Lipinski definition) is 2. The molecular weight excluding hydrogens is 116 g/mol. The average Bonchev–Trinajstić information content (AvgIpc) is 1.89. The van der Waals surface area contributed by atoms with Crippen LogP contribution in [-0.4, -0.2) is 26.4 Å². The van der Waals surface area contributed by atoms with E-state index in [2.05, 4.69) is 6.58 Å². The molecule has 1 unspecified atom stereocenters. The van der Waals surface area contributed by atoms with E-state index >= 15 is 0 Å². The molecule has 0 saturated carbocycles. The lowest BCUT2D eigenvalue weighted by atomic mass is 10.4. The summed E-state index contributed by atoms with van der Waals surface area (Å²) in [5.41, 5.74) is 0. The quantitative estimate of drug-likeness (QED) is 0.416. The van der Waals surface area contributed by atoms with E-state index in [1.54, 1.807) is 13.2 Å². The number of hydrogen-bond donors (Lipinski definition) is 0. The van der Waals surface area contributed by atoms with Crippen molar-refractivity contribution >= 4 is 0 Å². The van der Waals surface area contributed by atoms with Crippen molar-refractivity contribution in [3.05, 3.63) is 12.7 Å². The molecule has 0 rings (SSSR count). The summed E-state index contributed by atoms with van der Waals surface area (Å²) in [7, 11) is 1.67.